The summed E-state index contributed by atoms with van der Waals surface area (Å²) >= 11 is 0. The molecule has 0 amide bonds. The highest BCUT2D eigenvalue weighted by molar-refractivity contribution is 5.44. The number of benzene rings is 2. The molecule has 102 valence electrons. The second-order valence-corrected chi connectivity index (χ2v) is 4.67. The molecular weight excluding hydrogens is 255 g/mol. The van der Waals surface area contributed by atoms with E-state index in [1.165, 1.54) is 6.07 Å². The Morgan fingerprint density at radius 2 is 2.05 bits per heavy atom. The van der Waals surface area contributed by atoms with Gasteiger partial charge in [-0.1, -0.05) is 6.07 Å². The second kappa shape index (κ2) is 5.72. The van der Waals surface area contributed by atoms with Crippen LogP contribution in [-0.4, -0.2) is 0 Å². The lowest BCUT2D eigenvalue weighted by Crippen LogP contribution is -2.08. The number of halogens is 1. The number of nitriles is 1. The summed E-state index contributed by atoms with van der Waals surface area (Å²) < 4.78 is 19.4. The topological polar surface area (TPSA) is 59.0 Å². The smallest absolute Gasteiger partial charge is 0.132 e. The van der Waals surface area contributed by atoms with Crippen LogP contribution in [0.2, 0.25) is 0 Å². The molecule has 2 aromatic rings. The average Bonchev–Trinajstić information content (AvgIpc) is 2.42. The van der Waals surface area contributed by atoms with E-state index in [1.54, 1.807) is 44.2 Å². The van der Waals surface area contributed by atoms with Crippen molar-refractivity contribution in [3.63, 3.8) is 0 Å². The van der Waals surface area contributed by atoms with Crippen molar-refractivity contribution >= 4 is 0 Å². The van der Waals surface area contributed by atoms with E-state index in [0.717, 1.165) is 0 Å². The minimum Gasteiger partial charge on any atom is -0.457 e. The predicted octanol–water partition coefficient (Wildman–Crippen LogP) is 3.82. The summed E-state index contributed by atoms with van der Waals surface area (Å²) in [6, 6.07) is 11.5. The molecule has 2 aromatic carbocycles. The molecule has 2 N–H and O–H groups in total. The molecule has 0 aliphatic heterocycles. The van der Waals surface area contributed by atoms with Crippen molar-refractivity contribution in [1.29, 1.82) is 5.26 Å². The first-order valence-electron chi connectivity index (χ1n) is 6.25. The Morgan fingerprint density at radius 1 is 1.30 bits per heavy atom. The van der Waals surface area contributed by atoms with E-state index in [9.17, 15) is 4.39 Å². The summed E-state index contributed by atoms with van der Waals surface area (Å²) in [5.41, 5.74) is 7.43. The van der Waals surface area contributed by atoms with Crippen molar-refractivity contribution in [2.24, 2.45) is 5.73 Å². The number of nitrogens with two attached hydrogens (primary N) is 1. The molecule has 4 heteroatoms. The molecular formula is C16H15FN2O. The Bertz CT molecular complexity index is 675. The van der Waals surface area contributed by atoms with E-state index < -0.39 is 0 Å². The summed E-state index contributed by atoms with van der Waals surface area (Å²) in [4.78, 5) is 0. The van der Waals surface area contributed by atoms with Crippen molar-refractivity contribution < 1.29 is 9.13 Å². The van der Waals surface area contributed by atoms with Gasteiger partial charge in [-0.25, -0.2) is 4.39 Å². The molecule has 0 aliphatic carbocycles. The van der Waals surface area contributed by atoms with Gasteiger partial charge < -0.3 is 10.5 Å². The zero-order valence-electron chi connectivity index (χ0n) is 11.4. The SMILES string of the molecule is Cc1cc(Oc2cccc(C#N)c2)c(C(C)N)cc1F. The number of ether oxygens (including phenoxy) is 1. The van der Waals surface area contributed by atoms with E-state index in [0.29, 0.717) is 28.2 Å². The zero-order chi connectivity index (χ0) is 14.7. The minimum absolute atomic E-state index is 0.310. The minimum atomic E-state index is -0.348. The van der Waals surface area contributed by atoms with E-state index in [-0.39, 0.29) is 11.9 Å². The van der Waals surface area contributed by atoms with Crippen LogP contribution in [0.25, 0.3) is 0 Å². The van der Waals surface area contributed by atoms with Crippen molar-refractivity contribution in [2.75, 3.05) is 0 Å². The van der Waals surface area contributed by atoms with Crippen LogP contribution in [0.4, 0.5) is 4.39 Å². The summed E-state index contributed by atoms with van der Waals surface area (Å²) in [6.45, 7) is 3.43. The van der Waals surface area contributed by atoms with Gasteiger partial charge in [-0.05, 0) is 49.7 Å². The molecule has 0 radical (unpaired) electrons. The molecule has 2 rings (SSSR count). The molecule has 0 heterocycles. The highest BCUT2D eigenvalue weighted by Gasteiger charge is 2.13. The van der Waals surface area contributed by atoms with Gasteiger partial charge in [0.15, 0.2) is 0 Å². The Balaban J connectivity index is 2.42. The normalized spacial score (nSPS) is 11.8. The lowest BCUT2D eigenvalue weighted by Gasteiger charge is -2.15. The van der Waals surface area contributed by atoms with E-state index in [1.807, 2.05) is 6.07 Å². The van der Waals surface area contributed by atoms with Gasteiger partial charge in [0.1, 0.15) is 17.3 Å². The highest BCUT2D eigenvalue weighted by atomic mass is 19.1. The van der Waals surface area contributed by atoms with Gasteiger partial charge in [0.2, 0.25) is 0 Å². The standard InChI is InChI=1S/C16H15FN2O/c1-10-6-16(14(11(2)19)8-15(10)17)20-13-5-3-4-12(7-13)9-18/h3-8,11H,19H2,1-2H3. The first-order chi connectivity index (χ1) is 9.51. The average molecular weight is 270 g/mol. The largest absolute Gasteiger partial charge is 0.457 e. The van der Waals surface area contributed by atoms with Crippen molar-refractivity contribution in [2.45, 2.75) is 19.9 Å². The maximum absolute atomic E-state index is 13.6. The number of nitrogens with zero attached hydrogens (tertiary/aromatic N) is 1. The van der Waals surface area contributed by atoms with Crippen molar-refractivity contribution in [1.82, 2.24) is 0 Å². The van der Waals surface area contributed by atoms with Gasteiger partial charge in [-0.3, -0.25) is 0 Å². The molecule has 20 heavy (non-hydrogen) atoms. The first-order valence-corrected chi connectivity index (χ1v) is 6.25. The summed E-state index contributed by atoms with van der Waals surface area (Å²) in [7, 11) is 0. The first kappa shape index (κ1) is 14.0. The summed E-state index contributed by atoms with van der Waals surface area (Å²) in [5.74, 6) is 0.723. The quantitative estimate of drug-likeness (QED) is 0.922. The van der Waals surface area contributed by atoms with E-state index >= 15 is 0 Å². The summed E-state index contributed by atoms with van der Waals surface area (Å²) in [6.07, 6.45) is 0. The molecule has 3 nitrogen and oxygen atoms in total. The van der Waals surface area contributed by atoms with Crippen LogP contribution in [0.1, 0.15) is 29.7 Å². The van der Waals surface area contributed by atoms with E-state index in [2.05, 4.69) is 0 Å². The van der Waals surface area contributed by atoms with Crippen LogP contribution >= 0.6 is 0 Å². The maximum Gasteiger partial charge on any atom is 0.132 e. The summed E-state index contributed by atoms with van der Waals surface area (Å²) in [5, 5.41) is 8.88. The van der Waals surface area contributed by atoms with Crippen LogP contribution in [0.3, 0.4) is 0 Å². The highest BCUT2D eigenvalue weighted by Crippen LogP contribution is 2.31. The molecule has 0 aromatic heterocycles. The fourth-order valence-electron chi connectivity index (χ4n) is 1.87. The van der Waals surface area contributed by atoms with Gasteiger partial charge in [0.25, 0.3) is 0 Å². The van der Waals surface area contributed by atoms with Crippen LogP contribution in [-0.2, 0) is 0 Å². The zero-order valence-corrected chi connectivity index (χ0v) is 11.4. The molecule has 1 unspecified atom stereocenters. The van der Waals surface area contributed by atoms with Gasteiger partial charge in [0, 0.05) is 11.6 Å². The molecule has 0 saturated heterocycles. The van der Waals surface area contributed by atoms with Crippen LogP contribution in [0, 0.1) is 24.1 Å². The fraction of sp³-hybridized carbons (Fsp3) is 0.188. The molecule has 0 spiro atoms. The Morgan fingerprint density at radius 3 is 2.70 bits per heavy atom. The fourth-order valence-corrected chi connectivity index (χ4v) is 1.87. The maximum atomic E-state index is 13.6. The Labute approximate surface area is 117 Å². The number of aryl methyl sites for hydroxylation is 1. The van der Waals surface area contributed by atoms with Crippen LogP contribution in [0.5, 0.6) is 11.5 Å². The third kappa shape index (κ3) is 2.95. The van der Waals surface area contributed by atoms with Crippen molar-refractivity contribution in [3.8, 4) is 17.6 Å². The molecule has 0 saturated carbocycles. The number of hydrogen-bond donors (Lipinski definition) is 1. The lowest BCUT2D eigenvalue weighted by atomic mass is 10.0. The lowest BCUT2D eigenvalue weighted by molar-refractivity contribution is 0.468. The number of hydrogen-bond acceptors (Lipinski definition) is 3. The molecule has 1 atom stereocenters. The van der Waals surface area contributed by atoms with Gasteiger partial charge in [0.05, 0.1) is 11.6 Å². The van der Waals surface area contributed by atoms with Crippen molar-refractivity contribution in [3.05, 3.63) is 58.9 Å². The molecule has 0 aliphatic rings. The van der Waals surface area contributed by atoms with Gasteiger partial charge in [-0.2, -0.15) is 5.26 Å². The van der Waals surface area contributed by atoms with Gasteiger partial charge in [-0.15, -0.1) is 0 Å². The van der Waals surface area contributed by atoms with Crippen LogP contribution in [0.15, 0.2) is 36.4 Å². The van der Waals surface area contributed by atoms with Gasteiger partial charge >= 0.3 is 0 Å². The van der Waals surface area contributed by atoms with E-state index in [4.69, 9.17) is 15.7 Å². The molecule has 0 bridgehead atoms. The third-order valence-electron chi connectivity index (χ3n) is 2.97. The third-order valence-corrected chi connectivity index (χ3v) is 2.97. The predicted molar refractivity (Wildman–Crippen MR) is 75.0 cm³/mol. The second-order valence-electron chi connectivity index (χ2n) is 4.67. The Hall–Kier alpha value is -2.38. The monoisotopic (exact) mass is 270 g/mol. The van der Waals surface area contributed by atoms with Crippen LogP contribution < -0.4 is 10.5 Å². The molecule has 0 fully saturated rings. The number of rotatable bonds is 3. The Kier molecular flexibility index (Phi) is 4.02.